The number of aromatic nitrogens is 3. The summed E-state index contributed by atoms with van der Waals surface area (Å²) in [5, 5.41) is 5.96. The number of aryl methyl sites for hydroxylation is 1. The minimum absolute atomic E-state index is 0.114. The fourth-order valence-electron chi connectivity index (χ4n) is 3.74. The first kappa shape index (κ1) is 18.9. The van der Waals surface area contributed by atoms with Crippen molar-refractivity contribution in [3.8, 4) is 11.3 Å². The number of carbonyl (C=O) groups is 1. The van der Waals surface area contributed by atoms with Gasteiger partial charge in [-0.25, -0.2) is 9.97 Å². The maximum Gasteiger partial charge on any atom is 0.254 e. The van der Waals surface area contributed by atoms with Gasteiger partial charge in [-0.3, -0.25) is 4.79 Å². The van der Waals surface area contributed by atoms with Gasteiger partial charge in [0.2, 0.25) is 0 Å². The molecule has 5 aromatic rings. The van der Waals surface area contributed by atoms with E-state index in [9.17, 15) is 4.79 Å². The molecule has 0 bridgehead atoms. The number of hydrogen-bond acceptors (Lipinski definition) is 5. The lowest BCUT2D eigenvalue weighted by Gasteiger charge is -2.17. The van der Waals surface area contributed by atoms with E-state index in [4.69, 9.17) is 4.52 Å². The number of para-hydroxylation sites is 1. The predicted molar refractivity (Wildman–Crippen MR) is 120 cm³/mol. The van der Waals surface area contributed by atoms with E-state index in [-0.39, 0.29) is 5.91 Å². The quantitative estimate of drug-likeness (QED) is 0.418. The molecule has 6 heteroatoms. The first-order chi connectivity index (χ1) is 15.1. The molecule has 31 heavy (non-hydrogen) atoms. The average Bonchev–Trinajstić information content (AvgIpc) is 3.22. The summed E-state index contributed by atoms with van der Waals surface area (Å²) in [5.41, 5.74) is 3.98. The summed E-state index contributed by atoms with van der Waals surface area (Å²) in [6, 6.07) is 23.0. The average molecular weight is 408 g/mol. The molecule has 2 heterocycles. The second kappa shape index (κ2) is 7.65. The summed E-state index contributed by atoms with van der Waals surface area (Å²) in [4.78, 5) is 24.0. The Hall–Kier alpha value is -4.06. The SMILES string of the molecule is Cc1nc(CN(C)C(=O)c2ccc3noc(-c4ccccc4)c3c2)nc2ccccc12. The number of carbonyl (C=O) groups excluding carboxylic acids is 1. The van der Waals surface area contributed by atoms with E-state index >= 15 is 0 Å². The monoisotopic (exact) mass is 408 g/mol. The van der Waals surface area contributed by atoms with Crippen molar-refractivity contribution < 1.29 is 9.32 Å². The molecule has 0 atom stereocenters. The van der Waals surface area contributed by atoms with Crippen LogP contribution >= 0.6 is 0 Å². The Morgan fingerprint density at radius 3 is 2.52 bits per heavy atom. The highest BCUT2D eigenvalue weighted by Crippen LogP contribution is 2.29. The molecule has 0 aliphatic carbocycles. The van der Waals surface area contributed by atoms with Gasteiger partial charge in [-0.05, 0) is 31.2 Å². The van der Waals surface area contributed by atoms with E-state index < -0.39 is 0 Å². The van der Waals surface area contributed by atoms with Gasteiger partial charge >= 0.3 is 0 Å². The number of fused-ring (bicyclic) bond motifs is 2. The molecule has 6 nitrogen and oxygen atoms in total. The second-order valence-electron chi connectivity index (χ2n) is 7.51. The Labute approximate surface area is 179 Å². The molecule has 0 aliphatic heterocycles. The molecule has 3 aromatic carbocycles. The van der Waals surface area contributed by atoms with Gasteiger partial charge in [0.25, 0.3) is 5.91 Å². The van der Waals surface area contributed by atoms with Crippen molar-refractivity contribution in [2.45, 2.75) is 13.5 Å². The van der Waals surface area contributed by atoms with Crippen LogP contribution in [0.2, 0.25) is 0 Å². The second-order valence-corrected chi connectivity index (χ2v) is 7.51. The molecule has 2 aromatic heterocycles. The number of nitrogens with zero attached hydrogens (tertiary/aromatic N) is 4. The summed E-state index contributed by atoms with van der Waals surface area (Å²) in [6.07, 6.45) is 0. The van der Waals surface area contributed by atoms with Gasteiger partial charge < -0.3 is 9.42 Å². The highest BCUT2D eigenvalue weighted by Gasteiger charge is 2.18. The van der Waals surface area contributed by atoms with E-state index in [2.05, 4.69) is 15.1 Å². The van der Waals surface area contributed by atoms with Gasteiger partial charge in [-0.1, -0.05) is 53.7 Å². The van der Waals surface area contributed by atoms with Crippen LogP contribution < -0.4 is 0 Å². The zero-order valence-electron chi connectivity index (χ0n) is 17.2. The molecule has 0 radical (unpaired) electrons. The summed E-state index contributed by atoms with van der Waals surface area (Å²) in [6.45, 7) is 2.28. The van der Waals surface area contributed by atoms with Crippen LogP contribution in [0.3, 0.4) is 0 Å². The zero-order valence-corrected chi connectivity index (χ0v) is 17.2. The Kier molecular flexibility index (Phi) is 4.67. The van der Waals surface area contributed by atoms with E-state index in [0.29, 0.717) is 29.2 Å². The van der Waals surface area contributed by atoms with Crippen LogP contribution in [-0.2, 0) is 6.54 Å². The van der Waals surface area contributed by atoms with Crippen molar-refractivity contribution in [2.75, 3.05) is 7.05 Å². The zero-order chi connectivity index (χ0) is 21.4. The lowest BCUT2D eigenvalue weighted by molar-refractivity contribution is 0.0781. The van der Waals surface area contributed by atoms with Crippen LogP contribution in [0.15, 0.2) is 77.3 Å². The predicted octanol–water partition coefficient (Wildman–Crippen LogP) is 5.02. The summed E-state index contributed by atoms with van der Waals surface area (Å²) in [5.74, 6) is 1.15. The van der Waals surface area contributed by atoms with Crippen molar-refractivity contribution in [3.63, 3.8) is 0 Å². The number of amides is 1. The molecule has 5 rings (SSSR count). The summed E-state index contributed by atoms with van der Waals surface area (Å²) < 4.78 is 5.55. The molecular weight excluding hydrogens is 388 g/mol. The molecule has 0 saturated heterocycles. The van der Waals surface area contributed by atoms with Crippen LogP contribution in [0.4, 0.5) is 0 Å². The molecule has 0 N–H and O–H groups in total. The van der Waals surface area contributed by atoms with Gasteiger partial charge in [0, 0.05) is 29.3 Å². The van der Waals surface area contributed by atoms with E-state index in [1.807, 2.05) is 73.7 Å². The molecule has 0 spiro atoms. The van der Waals surface area contributed by atoms with Crippen molar-refractivity contribution in [3.05, 3.63) is 89.9 Å². The number of hydrogen-bond donors (Lipinski definition) is 0. The molecule has 0 unspecified atom stereocenters. The number of rotatable bonds is 4. The molecule has 0 fully saturated rings. The Balaban J connectivity index is 1.44. The van der Waals surface area contributed by atoms with Gasteiger partial charge in [0.15, 0.2) is 5.76 Å². The highest BCUT2D eigenvalue weighted by atomic mass is 16.5. The van der Waals surface area contributed by atoms with Crippen LogP contribution in [0.5, 0.6) is 0 Å². The van der Waals surface area contributed by atoms with Crippen LogP contribution in [0.1, 0.15) is 21.9 Å². The van der Waals surface area contributed by atoms with E-state index in [1.54, 1.807) is 18.0 Å². The maximum absolute atomic E-state index is 13.1. The highest BCUT2D eigenvalue weighted by molar-refractivity contribution is 6.00. The Morgan fingerprint density at radius 2 is 1.68 bits per heavy atom. The normalized spacial score (nSPS) is 11.2. The molecule has 1 amide bonds. The fourth-order valence-corrected chi connectivity index (χ4v) is 3.74. The van der Waals surface area contributed by atoms with Gasteiger partial charge in [0.1, 0.15) is 11.3 Å². The lowest BCUT2D eigenvalue weighted by atomic mass is 10.1. The smallest absolute Gasteiger partial charge is 0.254 e. The van der Waals surface area contributed by atoms with Gasteiger partial charge in [0.05, 0.1) is 17.4 Å². The minimum atomic E-state index is -0.114. The van der Waals surface area contributed by atoms with Crippen LogP contribution in [-0.4, -0.2) is 33.0 Å². The van der Waals surface area contributed by atoms with E-state index in [1.165, 1.54) is 0 Å². The van der Waals surface area contributed by atoms with Crippen molar-refractivity contribution in [1.29, 1.82) is 0 Å². The Bertz CT molecular complexity index is 1410. The molecule has 0 aliphatic rings. The molecule has 152 valence electrons. The van der Waals surface area contributed by atoms with Crippen molar-refractivity contribution in [2.24, 2.45) is 0 Å². The maximum atomic E-state index is 13.1. The standard InChI is InChI=1S/C25H20N4O2/c1-16-19-10-6-7-11-21(19)27-23(26-16)15-29(2)25(30)18-12-13-22-20(14-18)24(31-28-22)17-8-4-3-5-9-17/h3-14H,15H2,1-2H3. The third-order valence-electron chi connectivity index (χ3n) is 5.32. The molecular formula is C25H20N4O2. The van der Waals surface area contributed by atoms with E-state index in [0.717, 1.165) is 27.5 Å². The van der Waals surface area contributed by atoms with Gasteiger partial charge in [-0.2, -0.15) is 0 Å². The van der Waals surface area contributed by atoms with Crippen LogP contribution in [0.25, 0.3) is 33.1 Å². The first-order valence-electron chi connectivity index (χ1n) is 10.0. The fraction of sp³-hybridized carbons (Fsp3) is 0.120. The third kappa shape index (κ3) is 3.53. The first-order valence-corrected chi connectivity index (χ1v) is 10.0. The topological polar surface area (TPSA) is 72.1 Å². The van der Waals surface area contributed by atoms with Crippen molar-refractivity contribution in [1.82, 2.24) is 20.0 Å². The summed E-state index contributed by atoms with van der Waals surface area (Å²) in [7, 11) is 1.76. The van der Waals surface area contributed by atoms with Crippen molar-refractivity contribution >= 4 is 27.7 Å². The summed E-state index contributed by atoms with van der Waals surface area (Å²) >= 11 is 0. The minimum Gasteiger partial charge on any atom is -0.355 e. The van der Waals surface area contributed by atoms with Gasteiger partial charge in [-0.15, -0.1) is 0 Å². The Morgan fingerprint density at radius 1 is 0.903 bits per heavy atom. The third-order valence-corrected chi connectivity index (χ3v) is 5.32. The molecule has 0 saturated carbocycles. The largest absolute Gasteiger partial charge is 0.355 e. The lowest BCUT2D eigenvalue weighted by Crippen LogP contribution is -2.27. The number of benzene rings is 3. The van der Waals surface area contributed by atoms with Crippen LogP contribution in [0, 0.1) is 6.92 Å².